The third kappa shape index (κ3) is 3.38. The van der Waals surface area contributed by atoms with Crippen molar-refractivity contribution in [1.82, 2.24) is 4.90 Å². The number of hydrogen-bond acceptors (Lipinski definition) is 5. The van der Waals surface area contributed by atoms with Gasteiger partial charge in [-0.15, -0.1) is 0 Å². The van der Waals surface area contributed by atoms with Crippen molar-refractivity contribution >= 4 is 28.5 Å². The van der Waals surface area contributed by atoms with Crippen molar-refractivity contribution < 1.29 is 23.5 Å². The van der Waals surface area contributed by atoms with E-state index in [4.69, 9.17) is 13.9 Å². The van der Waals surface area contributed by atoms with Crippen LogP contribution < -0.4 is 14.8 Å². The number of rotatable bonds is 5. The van der Waals surface area contributed by atoms with Gasteiger partial charge < -0.3 is 24.1 Å². The van der Waals surface area contributed by atoms with E-state index < -0.39 is 0 Å². The maximum Gasteiger partial charge on any atom is 0.262 e. The van der Waals surface area contributed by atoms with Crippen LogP contribution in [-0.4, -0.2) is 37.0 Å². The van der Waals surface area contributed by atoms with Crippen LogP contribution in [0.2, 0.25) is 0 Å². The number of anilines is 1. The molecule has 2 heterocycles. The Balaban J connectivity index is 1.44. The zero-order chi connectivity index (χ0) is 19.7. The fourth-order valence-corrected chi connectivity index (χ4v) is 3.05. The number of fused-ring (bicyclic) bond motifs is 2. The Bertz CT molecular complexity index is 1010. The van der Waals surface area contributed by atoms with Gasteiger partial charge in [0.05, 0.1) is 6.04 Å². The van der Waals surface area contributed by atoms with Gasteiger partial charge in [-0.25, -0.2) is 0 Å². The predicted octanol–water partition coefficient (Wildman–Crippen LogP) is 3.36. The summed E-state index contributed by atoms with van der Waals surface area (Å²) >= 11 is 0. The molecule has 3 aromatic rings. The molecule has 1 aliphatic rings. The second-order valence-electron chi connectivity index (χ2n) is 6.62. The molecule has 4 rings (SSSR count). The van der Waals surface area contributed by atoms with E-state index in [9.17, 15) is 9.59 Å². The number of para-hydroxylation sites is 2. The van der Waals surface area contributed by atoms with Crippen molar-refractivity contribution in [3.63, 3.8) is 0 Å². The molecule has 0 spiro atoms. The van der Waals surface area contributed by atoms with Crippen LogP contribution in [0.3, 0.4) is 0 Å². The topological polar surface area (TPSA) is 81.0 Å². The Hall–Kier alpha value is -3.48. The van der Waals surface area contributed by atoms with Crippen LogP contribution >= 0.6 is 0 Å². The van der Waals surface area contributed by atoms with Crippen LogP contribution in [0.1, 0.15) is 18.7 Å². The molecule has 1 aromatic heterocycles. The molecule has 2 aromatic carbocycles. The van der Waals surface area contributed by atoms with E-state index in [0.717, 1.165) is 11.0 Å². The highest BCUT2D eigenvalue weighted by atomic mass is 16.5. The number of nitrogens with zero attached hydrogens (tertiary/aromatic N) is 1. The number of hydrogen-bond donors (Lipinski definition) is 1. The smallest absolute Gasteiger partial charge is 0.262 e. The molecular weight excluding hydrogens is 360 g/mol. The zero-order valence-electron chi connectivity index (χ0n) is 15.6. The van der Waals surface area contributed by atoms with Gasteiger partial charge in [0, 0.05) is 12.4 Å². The number of ether oxygens (including phenoxy) is 2. The maximum absolute atomic E-state index is 12.6. The van der Waals surface area contributed by atoms with Gasteiger partial charge in [-0.3, -0.25) is 9.59 Å². The average molecular weight is 380 g/mol. The summed E-state index contributed by atoms with van der Waals surface area (Å²) in [5.41, 5.74) is 1.23. The minimum Gasteiger partial charge on any atom is -0.481 e. The quantitative estimate of drug-likeness (QED) is 0.734. The molecule has 0 bridgehead atoms. The summed E-state index contributed by atoms with van der Waals surface area (Å²) in [7, 11) is 1.70. The van der Waals surface area contributed by atoms with Gasteiger partial charge in [0.1, 0.15) is 28.5 Å². The molecule has 1 atom stereocenters. The first kappa shape index (κ1) is 17.9. The van der Waals surface area contributed by atoms with Crippen molar-refractivity contribution in [3.05, 3.63) is 54.3 Å². The fourth-order valence-electron chi connectivity index (χ4n) is 3.05. The summed E-state index contributed by atoms with van der Waals surface area (Å²) in [6.07, 6.45) is 0. The Morgan fingerprint density at radius 3 is 2.89 bits per heavy atom. The standard InChI is InChI=1S/C21H20N2O5/c1-13(18-10-14-6-3-4-7-15(14)28-18)23(2)20(25)12-27-17-9-5-8-16-21(17)22-19(24)11-26-16/h3-10,13H,11-12H2,1-2H3,(H,22,24). The van der Waals surface area contributed by atoms with Crippen LogP contribution in [0.15, 0.2) is 52.9 Å². The number of nitrogens with one attached hydrogen (secondary N) is 1. The van der Waals surface area contributed by atoms with Crippen LogP contribution in [0.25, 0.3) is 11.0 Å². The SMILES string of the molecule is CC(c1cc2ccccc2o1)N(C)C(=O)COc1cccc2c1NC(=O)CO2. The first-order valence-corrected chi connectivity index (χ1v) is 8.95. The van der Waals surface area contributed by atoms with E-state index in [-0.39, 0.29) is 31.1 Å². The summed E-state index contributed by atoms with van der Waals surface area (Å²) in [6.45, 7) is 1.69. The number of furan rings is 1. The minimum absolute atomic E-state index is 0.0346. The second kappa shape index (κ2) is 7.26. The third-order valence-electron chi connectivity index (χ3n) is 4.79. The van der Waals surface area contributed by atoms with Crippen molar-refractivity contribution in [1.29, 1.82) is 0 Å². The monoisotopic (exact) mass is 380 g/mol. The minimum atomic E-state index is -0.259. The van der Waals surface area contributed by atoms with E-state index in [0.29, 0.717) is 22.9 Å². The normalized spacial score (nSPS) is 14.0. The molecule has 28 heavy (non-hydrogen) atoms. The largest absolute Gasteiger partial charge is 0.481 e. The number of benzene rings is 2. The maximum atomic E-state index is 12.6. The highest BCUT2D eigenvalue weighted by Gasteiger charge is 2.23. The van der Waals surface area contributed by atoms with Crippen LogP contribution in [-0.2, 0) is 9.59 Å². The average Bonchev–Trinajstić information content (AvgIpc) is 3.15. The van der Waals surface area contributed by atoms with Crippen LogP contribution in [0.4, 0.5) is 5.69 Å². The summed E-state index contributed by atoms with van der Waals surface area (Å²) < 4.78 is 16.9. The molecular formula is C21H20N2O5. The van der Waals surface area contributed by atoms with E-state index in [1.165, 1.54) is 0 Å². The number of carbonyl (C=O) groups excluding carboxylic acids is 2. The number of carbonyl (C=O) groups is 2. The first-order chi connectivity index (χ1) is 13.5. The predicted molar refractivity (Wildman–Crippen MR) is 103 cm³/mol. The van der Waals surface area contributed by atoms with Crippen LogP contribution in [0.5, 0.6) is 11.5 Å². The Morgan fingerprint density at radius 2 is 2.07 bits per heavy atom. The van der Waals surface area contributed by atoms with Gasteiger partial charge in [0.15, 0.2) is 13.2 Å². The lowest BCUT2D eigenvalue weighted by Gasteiger charge is -2.24. The molecule has 0 fully saturated rings. The van der Waals surface area contributed by atoms with Crippen molar-refractivity contribution in [2.24, 2.45) is 0 Å². The van der Waals surface area contributed by atoms with Crippen molar-refractivity contribution in [2.75, 3.05) is 25.6 Å². The van der Waals surface area contributed by atoms with E-state index in [2.05, 4.69) is 5.32 Å². The summed E-state index contributed by atoms with van der Waals surface area (Å²) in [6, 6.07) is 14.6. The highest BCUT2D eigenvalue weighted by molar-refractivity contribution is 5.97. The third-order valence-corrected chi connectivity index (χ3v) is 4.79. The molecule has 2 amide bonds. The summed E-state index contributed by atoms with van der Waals surface area (Å²) in [4.78, 5) is 25.8. The van der Waals surface area contributed by atoms with E-state index >= 15 is 0 Å². The lowest BCUT2D eigenvalue weighted by molar-refractivity contribution is -0.134. The number of likely N-dealkylation sites (N-methyl/N-ethyl adjacent to an activating group) is 1. The molecule has 144 valence electrons. The second-order valence-corrected chi connectivity index (χ2v) is 6.62. The van der Waals surface area contributed by atoms with Gasteiger partial charge in [0.2, 0.25) is 0 Å². The van der Waals surface area contributed by atoms with E-state index in [1.807, 2.05) is 37.3 Å². The molecule has 0 radical (unpaired) electrons. The van der Waals surface area contributed by atoms with Crippen LogP contribution in [0, 0.1) is 0 Å². The highest BCUT2D eigenvalue weighted by Crippen LogP contribution is 2.36. The molecule has 1 unspecified atom stereocenters. The summed E-state index contributed by atoms with van der Waals surface area (Å²) in [5.74, 6) is 1.14. The molecule has 0 saturated heterocycles. The van der Waals surface area contributed by atoms with Gasteiger partial charge in [0.25, 0.3) is 11.8 Å². The van der Waals surface area contributed by atoms with Gasteiger partial charge >= 0.3 is 0 Å². The fraction of sp³-hybridized carbons (Fsp3) is 0.238. The lowest BCUT2D eigenvalue weighted by atomic mass is 10.2. The Labute approximate surface area is 161 Å². The van der Waals surface area contributed by atoms with E-state index in [1.54, 1.807) is 30.1 Å². The van der Waals surface area contributed by atoms with Gasteiger partial charge in [-0.1, -0.05) is 24.3 Å². The first-order valence-electron chi connectivity index (χ1n) is 8.95. The zero-order valence-corrected chi connectivity index (χ0v) is 15.6. The molecule has 7 heteroatoms. The molecule has 7 nitrogen and oxygen atoms in total. The molecule has 0 saturated carbocycles. The Kier molecular flexibility index (Phi) is 4.65. The molecule has 0 aliphatic carbocycles. The van der Waals surface area contributed by atoms with Crippen molar-refractivity contribution in [2.45, 2.75) is 13.0 Å². The Morgan fingerprint density at radius 1 is 1.25 bits per heavy atom. The molecule has 1 N–H and O–H groups in total. The van der Waals surface area contributed by atoms with Crippen molar-refractivity contribution in [3.8, 4) is 11.5 Å². The molecule has 1 aliphatic heterocycles. The lowest BCUT2D eigenvalue weighted by Crippen LogP contribution is -2.33. The van der Waals surface area contributed by atoms with Gasteiger partial charge in [-0.05, 0) is 31.2 Å². The summed E-state index contributed by atoms with van der Waals surface area (Å²) in [5, 5.41) is 3.71. The van der Waals surface area contributed by atoms with Gasteiger partial charge in [-0.2, -0.15) is 0 Å². The number of amides is 2.